The molecule has 0 spiro atoms. The lowest BCUT2D eigenvalue weighted by atomic mass is 9.95. The molecule has 0 bridgehead atoms. The van der Waals surface area contributed by atoms with Crippen molar-refractivity contribution in [3.05, 3.63) is 85.7 Å². The molecule has 3 aromatic rings. The number of carbonyl (C=O) groups excluding carboxylic acids is 2. The van der Waals surface area contributed by atoms with E-state index in [2.05, 4.69) is 25.6 Å². The SMILES string of the molecule is O=C(Nc1sc2c(c1C(=O)N/N=C\c1ccc(Cl)c(C(F)(F)F)c1)CCCC2)c1cccc(CN2CCN(CCO)CC2)c1. The number of hydrazone groups is 1. The summed E-state index contributed by atoms with van der Waals surface area (Å²) in [6.07, 6.45) is -0.134. The van der Waals surface area contributed by atoms with Gasteiger partial charge in [-0.25, -0.2) is 5.43 Å². The zero-order valence-electron chi connectivity index (χ0n) is 23.9. The predicted octanol–water partition coefficient (Wildman–Crippen LogP) is 5.43. The average Bonchev–Trinajstić information content (AvgIpc) is 3.36. The maximum absolute atomic E-state index is 13.4. The van der Waals surface area contributed by atoms with Gasteiger partial charge in [0.2, 0.25) is 0 Å². The first-order chi connectivity index (χ1) is 21.1. The van der Waals surface area contributed by atoms with Crippen molar-refractivity contribution < 1.29 is 27.9 Å². The zero-order chi connectivity index (χ0) is 31.3. The van der Waals surface area contributed by atoms with Crippen molar-refractivity contribution in [2.45, 2.75) is 38.4 Å². The molecule has 2 amide bonds. The fourth-order valence-electron chi connectivity index (χ4n) is 5.51. The van der Waals surface area contributed by atoms with E-state index < -0.39 is 22.7 Å². The number of alkyl halides is 3. The molecule has 2 aliphatic rings. The minimum atomic E-state index is -4.62. The van der Waals surface area contributed by atoms with Crippen LogP contribution in [0, 0.1) is 0 Å². The largest absolute Gasteiger partial charge is 0.417 e. The van der Waals surface area contributed by atoms with Gasteiger partial charge in [0.25, 0.3) is 11.8 Å². The number of benzene rings is 2. The number of halogens is 4. The van der Waals surface area contributed by atoms with E-state index in [1.54, 1.807) is 6.07 Å². The Bertz CT molecular complexity index is 1540. The summed E-state index contributed by atoms with van der Waals surface area (Å²) in [5, 5.41) is 16.0. The van der Waals surface area contributed by atoms with Crippen LogP contribution < -0.4 is 10.7 Å². The van der Waals surface area contributed by atoms with Gasteiger partial charge in [-0.05, 0) is 66.6 Å². The quantitative estimate of drug-likeness (QED) is 0.213. The molecule has 3 N–H and O–H groups in total. The van der Waals surface area contributed by atoms with Crippen molar-refractivity contribution in [1.29, 1.82) is 0 Å². The summed E-state index contributed by atoms with van der Waals surface area (Å²) in [6.45, 7) is 5.04. The minimum absolute atomic E-state index is 0.120. The number of carbonyl (C=O) groups is 2. The van der Waals surface area contributed by atoms with Gasteiger partial charge in [-0.1, -0.05) is 29.8 Å². The molecule has 44 heavy (non-hydrogen) atoms. The highest BCUT2D eigenvalue weighted by Gasteiger charge is 2.33. The standard InChI is InChI=1S/C31H33ClF3N5O3S/c32-25-9-8-20(17-24(25)31(33,34)35)18-36-38-29(43)27-23-6-1-2-7-26(23)44-30(27)37-28(42)22-5-3-4-21(16-22)19-40-12-10-39(11-13-40)14-15-41/h3-5,8-9,16-18,41H,1-2,6-7,10-15,19H2,(H,37,42)(H,38,43)/b36-18-. The molecule has 1 aromatic heterocycles. The third-order valence-electron chi connectivity index (χ3n) is 7.78. The summed E-state index contributed by atoms with van der Waals surface area (Å²) in [6, 6.07) is 10.8. The number of amides is 2. The first-order valence-corrected chi connectivity index (χ1v) is 15.6. The van der Waals surface area contributed by atoms with Crippen LogP contribution in [0.2, 0.25) is 5.02 Å². The number of β-amino-alcohol motifs (C(OH)–C–C–N with tert-alkyl or cyclic N) is 1. The summed E-state index contributed by atoms with van der Waals surface area (Å²) in [5.74, 6) is -0.883. The number of nitrogens with one attached hydrogen (secondary N) is 2. The Kier molecular flexibility index (Phi) is 10.4. The van der Waals surface area contributed by atoms with Crippen molar-refractivity contribution in [3.8, 4) is 0 Å². The molecule has 5 rings (SSSR count). The van der Waals surface area contributed by atoms with Gasteiger partial charge in [0.15, 0.2) is 0 Å². The fourth-order valence-corrected chi connectivity index (χ4v) is 7.02. The van der Waals surface area contributed by atoms with Crippen molar-refractivity contribution in [2.24, 2.45) is 5.10 Å². The van der Waals surface area contributed by atoms with Crippen LogP contribution in [0.4, 0.5) is 18.2 Å². The van der Waals surface area contributed by atoms with E-state index in [1.807, 2.05) is 18.2 Å². The van der Waals surface area contributed by atoms with E-state index >= 15 is 0 Å². The monoisotopic (exact) mass is 647 g/mol. The Labute approximate surface area is 262 Å². The van der Waals surface area contributed by atoms with Gasteiger partial charge >= 0.3 is 6.18 Å². The number of hydrogen-bond acceptors (Lipinski definition) is 7. The first-order valence-electron chi connectivity index (χ1n) is 14.4. The molecular weight excluding hydrogens is 615 g/mol. The van der Waals surface area contributed by atoms with Crippen LogP contribution in [-0.4, -0.2) is 72.3 Å². The molecule has 1 fully saturated rings. The number of nitrogens with zero attached hydrogens (tertiary/aromatic N) is 3. The highest BCUT2D eigenvalue weighted by Crippen LogP contribution is 2.38. The van der Waals surface area contributed by atoms with Gasteiger partial charge in [-0.15, -0.1) is 11.3 Å². The third-order valence-corrected chi connectivity index (χ3v) is 9.31. The normalized spacial score (nSPS) is 16.2. The van der Waals surface area contributed by atoms with Crippen LogP contribution in [0.1, 0.15) is 60.7 Å². The molecule has 2 aromatic carbocycles. The Balaban J connectivity index is 1.28. The van der Waals surface area contributed by atoms with E-state index in [1.165, 1.54) is 17.4 Å². The second-order valence-corrected chi connectivity index (χ2v) is 12.4. The maximum atomic E-state index is 13.4. The molecule has 0 atom stereocenters. The fraction of sp³-hybridized carbons (Fsp3) is 0.387. The number of aryl methyl sites for hydroxylation is 1. The van der Waals surface area contributed by atoms with Gasteiger partial charge in [0, 0.05) is 49.7 Å². The van der Waals surface area contributed by atoms with Crippen molar-refractivity contribution >= 4 is 46.0 Å². The zero-order valence-corrected chi connectivity index (χ0v) is 25.5. The number of piperazine rings is 1. The van der Waals surface area contributed by atoms with Crippen molar-refractivity contribution in [3.63, 3.8) is 0 Å². The Morgan fingerprint density at radius 3 is 2.52 bits per heavy atom. The Morgan fingerprint density at radius 2 is 1.77 bits per heavy atom. The summed E-state index contributed by atoms with van der Waals surface area (Å²) < 4.78 is 39.7. The molecule has 234 valence electrons. The Hall–Kier alpha value is -3.29. The van der Waals surface area contributed by atoms with Crippen molar-refractivity contribution in [2.75, 3.05) is 44.6 Å². The number of hydrogen-bond donors (Lipinski definition) is 3. The molecule has 0 unspecified atom stereocenters. The lowest BCUT2D eigenvalue weighted by Crippen LogP contribution is -2.46. The summed E-state index contributed by atoms with van der Waals surface area (Å²) in [7, 11) is 0. The molecule has 13 heteroatoms. The number of anilines is 1. The van der Waals surface area contributed by atoms with Gasteiger partial charge in [-0.2, -0.15) is 18.3 Å². The number of thiophene rings is 1. The van der Waals surface area contributed by atoms with Gasteiger partial charge in [0.1, 0.15) is 5.00 Å². The van der Waals surface area contributed by atoms with Gasteiger partial charge in [0.05, 0.1) is 29.0 Å². The van der Waals surface area contributed by atoms with Gasteiger partial charge < -0.3 is 10.4 Å². The summed E-state index contributed by atoms with van der Waals surface area (Å²) in [4.78, 5) is 32.3. The second-order valence-electron chi connectivity index (χ2n) is 10.8. The van der Waals surface area contributed by atoms with Crippen molar-refractivity contribution in [1.82, 2.24) is 15.2 Å². The molecule has 0 saturated carbocycles. The van der Waals surface area contributed by atoms with E-state index in [-0.39, 0.29) is 18.1 Å². The molecule has 1 saturated heterocycles. The molecular formula is C31H33ClF3N5O3S. The van der Waals surface area contributed by atoms with Crippen LogP contribution in [0.3, 0.4) is 0 Å². The molecule has 0 radical (unpaired) electrons. The van der Waals surface area contributed by atoms with Gasteiger partial charge in [-0.3, -0.25) is 19.4 Å². The van der Waals surface area contributed by atoms with Crippen LogP contribution >= 0.6 is 22.9 Å². The second kappa shape index (κ2) is 14.2. The number of fused-ring (bicyclic) bond motifs is 1. The summed E-state index contributed by atoms with van der Waals surface area (Å²) in [5.41, 5.74) is 4.23. The molecule has 8 nitrogen and oxygen atoms in total. The lowest BCUT2D eigenvalue weighted by molar-refractivity contribution is -0.137. The highest BCUT2D eigenvalue weighted by atomic mass is 35.5. The van der Waals surface area contributed by atoms with E-state index in [9.17, 15) is 22.8 Å². The summed E-state index contributed by atoms with van der Waals surface area (Å²) >= 11 is 7.06. The maximum Gasteiger partial charge on any atom is 0.417 e. The van der Waals surface area contributed by atoms with Crippen LogP contribution in [0.5, 0.6) is 0 Å². The molecule has 1 aliphatic heterocycles. The number of aliphatic hydroxyl groups is 1. The van der Waals surface area contributed by atoms with E-state index in [4.69, 9.17) is 16.7 Å². The molecule has 1 aliphatic carbocycles. The average molecular weight is 648 g/mol. The molecule has 2 heterocycles. The number of rotatable bonds is 9. The van der Waals surface area contributed by atoms with E-state index in [0.29, 0.717) is 35.6 Å². The van der Waals surface area contributed by atoms with Crippen LogP contribution in [0.15, 0.2) is 47.6 Å². The lowest BCUT2D eigenvalue weighted by Gasteiger charge is -2.34. The number of aliphatic hydroxyl groups excluding tert-OH is 1. The van der Waals surface area contributed by atoms with Crippen LogP contribution in [-0.2, 0) is 25.6 Å². The topological polar surface area (TPSA) is 97.3 Å². The smallest absolute Gasteiger partial charge is 0.395 e. The van der Waals surface area contributed by atoms with Crippen LogP contribution in [0.25, 0.3) is 0 Å². The Morgan fingerprint density at radius 1 is 1.02 bits per heavy atom. The minimum Gasteiger partial charge on any atom is -0.395 e. The predicted molar refractivity (Wildman–Crippen MR) is 166 cm³/mol. The van der Waals surface area contributed by atoms with E-state index in [0.717, 1.165) is 79.8 Å². The third kappa shape index (κ3) is 7.86. The highest BCUT2D eigenvalue weighted by molar-refractivity contribution is 7.17. The first kappa shape index (κ1) is 32.1.